The van der Waals surface area contributed by atoms with Crippen LogP contribution in [0.15, 0.2) is 22.7 Å². The third kappa shape index (κ3) is 2.15. The van der Waals surface area contributed by atoms with Crippen LogP contribution in [0.3, 0.4) is 0 Å². The number of aromatic nitrogens is 2. The highest BCUT2D eigenvalue weighted by molar-refractivity contribution is 9.10. The van der Waals surface area contributed by atoms with Crippen LogP contribution in [0, 0.1) is 13.8 Å². The van der Waals surface area contributed by atoms with Crippen molar-refractivity contribution in [3.05, 3.63) is 39.5 Å². The van der Waals surface area contributed by atoms with Gasteiger partial charge in [-0.3, -0.25) is 4.68 Å². The Labute approximate surface area is 110 Å². The lowest BCUT2D eigenvalue weighted by Crippen LogP contribution is -2.04. The maximum absolute atomic E-state index is 5.71. The van der Waals surface area contributed by atoms with Gasteiger partial charge in [0.25, 0.3) is 0 Å². The molecule has 1 aromatic carbocycles. The molecule has 0 aliphatic carbocycles. The third-order valence-electron chi connectivity index (χ3n) is 3.08. The third-order valence-corrected chi connectivity index (χ3v) is 3.91. The van der Waals surface area contributed by atoms with Gasteiger partial charge in [-0.1, -0.05) is 12.1 Å². The molecule has 2 N–H and O–H groups in total. The second-order valence-corrected chi connectivity index (χ2v) is 5.03. The topological polar surface area (TPSA) is 43.8 Å². The Balaban J connectivity index is 2.57. The normalized spacial score (nSPS) is 10.9. The fraction of sp³-hybridized carbons (Fsp3) is 0.308. The molecule has 1 aromatic heterocycles. The van der Waals surface area contributed by atoms with E-state index in [1.54, 1.807) is 0 Å². The molecular weight excluding hydrogens is 278 g/mol. The molecule has 0 fully saturated rings. The molecule has 0 saturated carbocycles. The molecule has 2 rings (SSSR count). The summed E-state index contributed by atoms with van der Waals surface area (Å²) < 4.78 is 2.82. The molecule has 0 aliphatic heterocycles. The molecular formula is C13H16BrN3. The van der Waals surface area contributed by atoms with Crippen LogP contribution in [0.25, 0.3) is 11.3 Å². The number of benzene rings is 1. The van der Waals surface area contributed by atoms with Crippen molar-refractivity contribution in [2.24, 2.45) is 12.8 Å². The summed E-state index contributed by atoms with van der Waals surface area (Å²) >= 11 is 3.58. The quantitative estimate of drug-likeness (QED) is 0.925. The van der Waals surface area contributed by atoms with Gasteiger partial charge in [0.2, 0.25) is 0 Å². The number of nitrogens with zero attached hydrogens (tertiary/aromatic N) is 2. The van der Waals surface area contributed by atoms with E-state index in [0.717, 1.165) is 21.4 Å². The zero-order chi connectivity index (χ0) is 12.6. The zero-order valence-corrected chi connectivity index (χ0v) is 11.9. The van der Waals surface area contributed by atoms with Crippen LogP contribution in [-0.4, -0.2) is 9.78 Å². The maximum Gasteiger partial charge on any atom is 0.107 e. The van der Waals surface area contributed by atoms with Gasteiger partial charge in [-0.05, 0) is 47.0 Å². The molecule has 0 aliphatic rings. The number of hydrogen-bond acceptors (Lipinski definition) is 2. The van der Waals surface area contributed by atoms with Gasteiger partial charge in [0, 0.05) is 19.2 Å². The zero-order valence-electron chi connectivity index (χ0n) is 10.3. The molecule has 90 valence electrons. The number of hydrogen-bond donors (Lipinski definition) is 1. The van der Waals surface area contributed by atoms with Crippen LogP contribution in [0.2, 0.25) is 0 Å². The Morgan fingerprint density at radius 3 is 2.53 bits per heavy atom. The largest absolute Gasteiger partial charge is 0.325 e. The molecule has 0 amide bonds. The Bertz CT molecular complexity index is 558. The van der Waals surface area contributed by atoms with Gasteiger partial charge in [-0.15, -0.1) is 0 Å². The van der Waals surface area contributed by atoms with Crippen LogP contribution >= 0.6 is 15.9 Å². The van der Waals surface area contributed by atoms with Crippen molar-refractivity contribution in [3.8, 4) is 11.3 Å². The highest BCUT2D eigenvalue weighted by Gasteiger charge is 2.14. The molecule has 1 heterocycles. The standard InChI is InChI=1S/C13H16BrN3/c1-8-4-5-10(6-9(8)2)13-12(14)11(7-15)17(3)16-13/h4-6H,7,15H2,1-3H3. The predicted molar refractivity (Wildman–Crippen MR) is 73.7 cm³/mol. The van der Waals surface area contributed by atoms with E-state index in [1.807, 2.05) is 11.7 Å². The summed E-state index contributed by atoms with van der Waals surface area (Å²) in [4.78, 5) is 0. The molecule has 4 heteroatoms. The van der Waals surface area contributed by atoms with E-state index in [1.165, 1.54) is 11.1 Å². The molecule has 17 heavy (non-hydrogen) atoms. The maximum atomic E-state index is 5.71. The second kappa shape index (κ2) is 4.63. The molecule has 3 nitrogen and oxygen atoms in total. The minimum Gasteiger partial charge on any atom is -0.325 e. The molecule has 0 saturated heterocycles. The van der Waals surface area contributed by atoms with Crippen molar-refractivity contribution in [1.29, 1.82) is 0 Å². The second-order valence-electron chi connectivity index (χ2n) is 4.24. The first kappa shape index (κ1) is 12.3. The van der Waals surface area contributed by atoms with E-state index in [2.05, 4.69) is 53.1 Å². The molecule has 0 bridgehead atoms. The van der Waals surface area contributed by atoms with Crippen LogP contribution in [0.1, 0.15) is 16.8 Å². The van der Waals surface area contributed by atoms with E-state index in [-0.39, 0.29) is 0 Å². The number of aryl methyl sites for hydroxylation is 3. The number of rotatable bonds is 2. The number of nitrogens with two attached hydrogens (primary N) is 1. The van der Waals surface area contributed by atoms with Gasteiger partial charge in [-0.25, -0.2) is 0 Å². The first-order valence-corrected chi connectivity index (χ1v) is 6.33. The van der Waals surface area contributed by atoms with Crippen molar-refractivity contribution in [2.75, 3.05) is 0 Å². The Morgan fingerprint density at radius 2 is 2.00 bits per heavy atom. The summed E-state index contributed by atoms with van der Waals surface area (Å²) in [6.07, 6.45) is 0. The van der Waals surface area contributed by atoms with E-state index < -0.39 is 0 Å². The highest BCUT2D eigenvalue weighted by atomic mass is 79.9. The van der Waals surface area contributed by atoms with Crippen LogP contribution in [-0.2, 0) is 13.6 Å². The van der Waals surface area contributed by atoms with Crippen molar-refractivity contribution in [2.45, 2.75) is 20.4 Å². The van der Waals surface area contributed by atoms with Gasteiger partial charge < -0.3 is 5.73 Å². The van der Waals surface area contributed by atoms with Crippen molar-refractivity contribution in [1.82, 2.24) is 9.78 Å². The summed E-state index contributed by atoms with van der Waals surface area (Å²) in [6, 6.07) is 6.37. The van der Waals surface area contributed by atoms with Crippen LogP contribution in [0.4, 0.5) is 0 Å². The monoisotopic (exact) mass is 293 g/mol. The van der Waals surface area contributed by atoms with Gasteiger partial charge in [0.05, 0.1) is 10.2 Å². The van der Waals surface area contributed by atoms with E-state index >= 15 is 0 Å². The van der Waals surface area contributed by atoms with Gasteiger partial charge in [-0.2, -0.15) is 5.10 Å². The molecule has 2 aromatic rings. The highest BCUT2D eigenvalue weighted by Crippen LogP contribution is 2.30. The van der Waals surface area contributed by atoms with Gasteiger partial charge in [0.15, 0.2) is 0 Å². The van der Waals surface area contributed by atoms with Crippen LogP contribution in [0.5, 0.6) is 0 Å². The van der Waals surface area contributed by atoms with E-state index in [0.29, 0.717) is 6.54 Å². The fourth-order valence-corrected chi connectivity index (χ4v) is 2.55. The molecule has 0 atom stereocenters. The average Bonchev–Trinajstić information content (AvgIpc) is 2.58. The van der Waals surface area contributed by atoms with Crippen molar-refractivity contribution >= 4 is 15.9 Å². The van der Waals surface area contributed by atoms with Crippen LogP contribution < -0.4 is 5.73 Å². The molecule has 0 spiro atoms. The minimum atomic E-state index is 0.481. The van der Waals surface area contributed by atoms with E-state index in [4.69, 9.17) is 5.73 Å². The lowest BCUT2D eigenvalue weighted by atomic mass is 10.0. The lowest BCUT2D eigenvalue weighted by molar-refractivity contribution is 0.713. The lowest BCUT2D eigenvalue weighted by Gasteiger charge is -2.03. The van der Waals surface area contributed by atoms with Crippen molar-refractivity contribution < 1.29 is 0 Å². The minimum absolute atomic E-state index is 0.481. The predicted octanol–water partition coefficient (Wildman–Crippen LogP) is 2.93. The average molecular weight is 294 g/mol. The SMILES string of the molecule is Cc1ccc(-c2nn(C)c(CN)c2Br)cc1C. The Kier molecular flexibility index (Phi) is 3.35. The van der Waals surface area contributed by atoms with E-state index in [9.17, 15) is 0 Å². The molecule has 0 radical (unpaired) electrons. The van der Waals surface area contributed by atoms with Crippen molar-refractivity contribution in [3.63, 3.8) is 0 Å². The smallest absolute Gasteiger partial charge is 0.107 e. The van der Waals surface area contributed by atoms with Gasteiger partial charge >= 0.3 is 0 Å². The van der Waals surface area contributed by atoms with Gasteiger partial charge in [0.1, 0.15) is 5.69 Å². The Morgan fingerprint density at radius 1 is 1.29 bits per heavy atom. The summed E-state index contributed by atoms with van der Waals surface area (Å²) in [7, 11) is 1.91. The summed E-state index contributed by atoms with van der Waals surface area (Å²) in [6.45, 7) is 4.70. The number of halogens is 1. The summed E-state index contributed by atoms with van der Waals surface area (Å²) in [5.41, 5.74) is 11.4. The summed E-state index contributed by atoms with van der Waals surface area (Å²) in [5, 5.41) is 4.51. The Hall–Kier alpha value is -1.13. The molecule has 0 unspecified atom stereocenters. The fourth-order valence-electron chi connectivity index (χ4n) is 1.83. The summed E-state index contributed by atoms with van der Waals surface area (Å²) in [5.74, 6) is 0. The first-order valence-electron chi connectivity index (χ1n) is 5.53. The first-order chi connectivity index (χ1) is 8.04.